The van der Waals surface area contributed by atoms with Crippen LogP contribution in [-0.2, 0) is 13.1 Å². The second kappa shape index (κ2) is 9.08. The van der Waals surface area contributed by atoms with E-state index in [2.05, 4.69) is 0 Å². The van der Waals surface area contributed by atoms with Gasteiger partial charge in [0, 0.05) is 13.1 Å². The Balaban J connectivity index is 1.87. The van der Waals surface area contributed by atoms with Crippen molar-refractivity contribution in [2.45, 2.75) is 38.0 Å². The van der Waals surface area contributed by atoms with Gasteiger partial charge in [0.25, 0.3) is 0 Å². The molecule has 0 saturated heterocycles. The van der Waals surface area contributed by atoms with Crippen molar-refractivity contribution in [3.63, 3.8) is 0 Å². The summed E-state index contributed by atoms with van der Waals surface area (Å²) in [5.74, 6) is 0. The number of carbonyl (C=O) groups is 2. The van der Waals surface area contributed by atoms with Gasteiger partial charge in [-0.15, -0.1) is 0 Å². The van der Waals surface area contributed by atoms with Gasteiger partial charge in [0.15, 0.2) is 0 Å². The molecule has 0 fully saturated rings. The quantitative estimate of drug-likeness (QED) is 0.726. The third kappa shape index (κ3) is 4.71. The van der Waals surface area contributed by atoms with Crippen molar-refractivity contribution in [1.29, 1.82) is 0 Å². The molecule has 3 rings (SSSR count). The fourth-order valence-electron chi connectivity index (χ4n) is 3.64. The molecule has 0 aliphatic heterocycles. The van der Waals surface area contributed by atoms with Crippen LogP contribution in [0.15, 0.2) is 72.8 Å². The third-order valence-corrected chi connectivity index (χ3v) is 5.00. The lowest BCUT2D eigenvalue weighted by Crippen LogP contribution is -2.54. The van der Waals surface area contributed by atoms with Crippen LogP contribution in [0.3, 0.4) is 0 Å². The maximum Gasteiger partial charge on any atom is 0.408 e. The third-order valence-electron chi connectivity index (χ3n) is 5.00. The number of carboxylic acid groups (broad SMARTS) is 2. The van der Waals surface area contributed by atoms with Crippen molar-refractivity contribution in [3.8, 4) is 0 Å². The molecule has 2 amide bonds. The monoisotopic (exact) mass is 380 g/mol. The molecule has 6 heteroatoms. The number of nitrogens with zero attached hydrogens (tertiary/aromatic N) is 2. The zero-order valence-electron chi connectivity index (χ0n) is 15.5. The molecule has 0 heterocycles. The van der Waals surface area contributed by atoms with Gasteiger partial charge in [-0.2, -0.15) is 0 Å². The van der Waals surface area contributed by atoms with Crippen molar-refractivity contribution in [1.82, 2.24) is 9.80 Å². The number of benzene rings is 2. The smallest absolute Gasteiger partial charge is 0.408 e. The molecule has 0 aromatic heterocycles. The molecule has 2 aromatic carbocycles. The minimum Gasteiger partial charge on any atom is -0.465 e. The Morgan fingerprint density at radius 3 is 1.82 bits per heavy atom. The molecular formula is C22H24N2O4. The molecule has 1 aliphatic carbocycles. The summed E-state index contributed by atoms with van der Waals surface area (Å²) in [5, 5.41) is 19.7. The molecule has 2 N–H and O–H groups in total. The summed E-state index contributed by atoms with van der Waals surface area (Å²) in [6.07, 6.45) is 2.96. The van der Waals surface area contributed by atoms with Gasteiger partial charge in [0.1, 0.15) is 0 Å². The summed E-state index contributed by atoms with van der Waals surface area (Å²) >= 11 is 0. The van der Waals surface area contributed by atoms with Gasteiger partial charge in [0.2, 0.25) is 0 Å². The van der Waals surface area contributed by atoms with Gasteiger partial charge in [0.05, 0.1) is 12.1 Å². The van der Waals surface area contributed by atoms with Gasteiger partial charge >= 0.3 is 12.2 Å². The fraction of sp³-hybridized carbons (Fsp3) is 0.273. The van der Waals surface area contributed by atoms with Gasteiger partial charge in [-0.05, 0) is 24.0 Å². The van der Waals surface area contributed by atoms with Gasteiger partial charge in [-0.25, -0.2) is 9.59 Å². The minimum atomic E-state index is -1.06. The van der Waals surface area contributed by atoms with Crippen molar-refractivity contribution in [2.24, 2.45) is 0 Å². The number of rotatable bonds is 6. The Hall–Kier alpha value is -3.28. The summed E-state index contributed by atoms with van der Waals surface area (Å²) in [6, 6.07) is 17.7. The average molecular weight is 380 g/mol. The van der Waals surface area contributed by atoms with Crippen molar-refractivity contribution >= 4 is 12.2 Å². The van der Waals surface area contributed by atoms with Crippen LogP contribution < -0.4 is 0 Å². The molecule has 6 nitrogen and oxygen atoms in total. The summed E-state index contributed by atoms with van der Waals surface area (Å²) in [5.41, 5.74) is 1.75. The van der Waals surface area contributed by atoms with Crippen LogP contribution in [0.25, 0.3) is 0 Å². The first-order valence-corrected chi connectivity index (χ1v) is 9.30. The second-order valence-electron chi connectivity index (χ2n) is 6.86. The topological polar surface area (TPSA) is 81.1 Å². The molecule has 28 heavy (non-hydrogen) atoms. The molecule has 0 radical (unpaired) electrons. The predicted octanol–water partition coefficient (Wildman–Crippen LogP) is 4.43. The van der Waals surface area contributed by atoms with E-state index in [9.17, 15) is 19.8 Å². The minimum absolute atomic E-state index is 0.209. The Morgan fingerprint density at radius 1 is 0.821 bits per heavy atom. The van der Waals surface area contributed by atoms with E-state index >= 15 is 0 Å². The molecule has 0 unspecified atom stereocenters. The lowest BCUT2D eigenvalue weighted by molar-refractivity contribution is 0.0680. The normalized spacial score (nSPS) is 18.4. The SMILES string of the molecule is O=C(O)N(Cc1ccccc1)[C@H]1C=CCC[C@@H]1N(Cc1ccccc1)C(=O)O. The Bertz CT molecular complexity index is 823. The summed E-state index contributed by atoms with van der Waals surface area (Å²) in [7, 11) is 0. The van der Waals surface area contributed by atoms with E-state index in [-0.39, 0.29) is 13.1 Å². The van der Waals surface area contributed by atoms with E-state index in [1.54, 1.807) is 0 Å². The van der Waals surface area contributed by atoms with E-state index in [1.165, 1.54) is 9.80 Å². The maximum absolute atomic E-state index is 12.0. The number of amides is 2. The fourth-order valence-corrected chi connectivity index (χ4v) is 3.64. The Morgan fingerprint density at radius 2 is 1.32 bits per heavy atom. The highest BCUT2D eigenvalue weighted by Gasteiger charge is 2.36. The highest BCUT2D eigenvalue weighted by molar-refractivity contribution is 5.68. The lowest BCUT2D eigenvalue weighted by Gasteiger charge is -2.40. The molecule has 0 saturated carbocycles. The van der Waals surface area contributed by atoms with Crippen LogP contribution in [0.4, 0.5) is 9.59 Å². The zero-order valence-corrected chi connectivity index (χ0v) is 15.5. The summed E-state index contributed by atoms with van der Waals surface area (Å²) in [6.45, 7) is 0.435. The Kier molecular flexibility index (Phi) is 6.32. The van der Waals surface area contributed by atoms with Crippen LogP contribution >= 0.6 is 0 Å². The standard InChI is InChI=1S/C22H24N2O4/c25-21(26)23(15-17-9-3-1-4-10-17)19-13-7-8-14-20(19)24(22(27)28)16-18-11-5-2-6-12-18/h1-7,9-13,19-20H,8,14-16H2,(H,25,26)(H,27,28)/t19-,20-/m0/s1. The molecule has 0 bridgehead atoms. The zero-order chi connectivity index (χ0) is 19.9. The maximum atomic E-state index is 12.0. The molecule has 2 aromatic rings. The van der Waals surface area contributed by atoms with Crippen molar-refractivity contribution in [3.05, 3.63) is 83.9 Å². The van der Waals surface area contributed by atoms with E-state index in [0.717, 1.165) is 17.5 Å². The van der Waals surface area contributed by atoms with Crippen LogP contribution in [-0.4, -0.2) is 44.3 Å². The molecule has 146 valence electrons. The van der Waals surface area contributed by atoms with Crippen LogP contribution in [0.1, 0.15) is 24.0 Å². The first kappa shape index (κ1) is 19.5. The molecule has 2 atom stereocenters. The van der Waals surface area contributed by atoms with Crippen LogP contribution in [0.2, 0.25) is 0 Å². The first-order valence-electron chi connectivity index (χ1n) is 9.30. The van der Waals surface area contributed by atoms with Crippen LogP contribution in [0, 0.1) is 0 Å². The molecule has 0 spiro atoms. The summed E-state index contributed by atoms with van der Waals surface area (Å²) in [4.78, 5) is 26.8. The highest BCUT2D eigenvalue weighted by Crippen LogP contribution is 2.26. The second-order valence-corrected chi connectivity index (χ2v) is 6.86. The van der Waals surface area contributed by atoms with E-state index in [4.69, 9.17) is 0 Å². The number of hydrogen-bond donors (Lipinski definition) is 2. The number of allylic oxidation sites excluding steroid dienone is 1. The van der Waals surface area contributed by atoms with Crippen LogP contribution in [0.5, 0.6) is 0 Å². The number of hydrogen-bond acceptors (Lipinski definition) is 2. The van der Waals surface area contributed by atoms with E-state index < -0.39 is 24.3 Å². The lowest BCUT2D eigenvalue weighted by atomic mass is 9.93. The summed E-state index contributed by atoms with van der Waals surface area (Å²) < 4.78 is 0. The largest absolute Gasteiger partial charge is 0.465 e. The molecular weight excluding hydrogens is 356 g/mol. The van der Waals surface area contributed by atoms with Gasteiger partial charge in [-0.1, -0.05) is 72.8 Å². The van der Waals surface area contributed by atoms with Gasteiger partial charge < -0.3 is 10.2 Å². The predicted molar refractivity (Wildman–Crippen MR) is 106 cm³/mol. The average Bonchev–Trinajstić information content (AvgIpc) is 2.71. The van der Waals surface area contributed by atoms with Gasteiger partial charge in [-0.3, -0.25) is 9.80 Å². The van der Waals surface area contributed by atoms with Crippen molar-refractivity contribution in [2.75, 3.05) is 0 Å². The van der Waals surface area contributed by atoms with E-state index in [1.807, 2.05) is 72.8 Å². The Labute approximate surface area is 164 Å². The molecule has 1 aliphatic rings. The van der Waals surface area contributed by atoms with Crippen molar-refractivity contribution < 1.29 is 19.8 Å². The highest BCUT2D eigenvalue weighted by atomic mass is 16.4. The first-order chi connectivity index (χ1) is 13.6. The van der Waals surface area contributed by atoms with E-state index in [0.29, 0.717) is 6.42 Å².